The molecule has 0 aliphatic carbocycles. The second-order valence-corrected chi connectivity index (χ2v) is 11.1. The summed E-state index contributed by atoms with van der Waals surface area (Å²) < 4.78 is 0. The standard InChI is InChI=1S/C33H40N4O6/c1-7-20-18(5)32(42)36-26(20)13-24-16(3)22(9-11-30(38)39)28(34-24)15-29-23(10-12-31(40)41)17(4)25(35-29)14-27-21(8-2)19(6)33(43)37-27/h13-14,34-35H,7-12,15H2,1-6H3,(H,36,42)(H,37,43)(H,38,39)(H,40,41)/b26-13-,27-14+. The second-order valence-electron chi connectivity index (χ2n) is 11.1. The van der Waals surface area contributed by atoms with Crippen LogP contribution in [0.25, 0.3) is 12.2 Å². The molecule has 0 fully saturated rings. The first kappa shape index (κ1) is 31.3. The molecule has 228 valence electrons. The second kappa shape index (κ2) is 12.7. The summed E-state index contributed by atoms with van der Waals surface area (Å²) in [6.07, 6.45) is 6.12. The summed E-state index contributed by atoms with van der Waals surface area (Å²) in [7, 11) is 0. The molecule has 0 saturated heterocycles. The van der Waals surface area contributed by atoms with Crippen LogP contribution < -0.4 is 10.6 Å². The number of H-pyrrole nitrogens is 2. The predicted octanol–water partition coefficient (Wildman–Crippen LogP) is 4.98. The SMILES string of the molecule is CCC1=C(C)C(=O)N/C1=C\c1[nH]c(Cc2[nH]c(/C=C3/NC(=O)C(C)=C3CC)c(C)c2CCC(=O)O)c(CCC(=O)O)c1C. The molecule has 2 aromatic rings. The van der Waals surface area contributed by atoms with Gasteiger partial charge in [-0.25, -0.2) is 0 Å². The van der Waals surface area contributed by atoms with Crippen LogP contribution in [0.15, 0.2) is 33.7 Å². The molecule has 2 aliphatic heterocycles. The van der Waals surface area contributed by atoms with E-state index in [4.69, 9.17) is 0 Å². The Morgan fingerprint density at radius 3 is 1.37 bits per heavy atom. The molecule has 0 atom stereocenters. The van der Waals surface area contributed by atoms with Crippen LogP contribution >= 0.6 is 0 Å². The number of aromatic nitrogens is 2. The van der Waals surface area contributed by atoms with Crippen molar-refractivity contribution in [3.05, 3.63) is 78.7 Å². The minimum absolute atomic E-state index is 0.0458. The number of carbonyl (C=O) groups is 4. The largest absolute Gasteiger partial charge is 0.481 e. The molecule has 0 aromatic carbocycles. The fraction of sp³-hybridized carbons (Fsp3) is 0.394. The lowest BCUT2D eigenvalue weighted by atomic mass is 9.98. The summed E-state index contributed by atoms with van der Waals surface area (Å²) in [5.74, 6) is -2.05. The zero-order valence-corrected chi connectivity index (χ0v) is 25.6. The summed E-state index contributed by atoms with van der Waals surface area (Å²) in [5.41, 5.74) is 11.5. The highest BCUT2D eigenvalue weighted by Gasteiger charge is 2.26. The summed E-state index contributed by atoms with van der Waals surface area (Å²) in [5, 5.41) is 24.8. The van der Waals surface area contributed by atoms with E-state index in [0.29, 0.717) is 43.3 Å². The van der Waals surface area contributed by atoms with Crippen LogP contribution in [-0.4, -0.2) is 43.9 Å². The van der Waals surface area contributed by atoms with Gasteiger partial charge >= 0.3 is 11.9 Å². The van der Waals surface area contributed by atoms with Crippen molar-refractivity contribution in [1.29, 1.82) is 0 Å². The summed E-state index contributed by atoms with van der Waals surface area (Å²) in [4.78, 5) is 54.7. The van der Waals surface area contributed by atoms with Gasteiger partial charge in [0.05, 0.1) is 0 Å². The number of carboxylic acid groups (broad SMARTS) is 2. The molecule has 2 aromatic heterocycles. The highest BCUT2D eigenvalue weighted by molar-refractivity contribution is 6.01. The Balaban J connectivity index is 1.80. The van der Waals surface area contributed by atoms with Crippen LogP contribution in [0, 0.1) is 13.8 Å². The van der Waals surface area contributed by atoms with E-state index in [1.165, 1.54) is 0 Å². The topological polar surface area (TPSA) is 164 Å². The van der Waals surface area contributed by atoms with Crippen molar-refractivity contribution in [1.82, 2.24) is 20.6 Å². The Morgan fingerprint density at radius 1 is 0.674 bits per heavy atom. The highest BCUT2D eigenvalue weighted by Crippen LogP contribution is 2.32. The van der Waals surface area contributed by atoms with Crippen molar-refractivity contribution in [3.8, 4) is 0 Å². The fourth-order valence-electron chi connectivity index (χ4n) is 6.06. The van der Waals surface area contributed by atoms with E-state index in [9.17, 15) is 29.4 Å². The Morgan fingerprint density at radius 2 is 1.05 bits per heavy atom. The van der Waals surface area contributed by atoms with Gasteiger partial charge in [-0.1, -0.05) is 13.8 Å². The molecule has 0 unspecified atom stereocenters. The number of carbonyl (C=O) groups excluding carboxylic acids is 2. The zero-order valence-electron chi connectivity index (χ0n) is 25.6. The molecule has 0 bridgehead atoms. The number of carboxylic acids is 2. The first-order valence-electron chi connectivity index (χ1n) is 14.7. The van der Waals surface area contributed by atoms with Crippen molar-refractivity contribution in [2.24, 2.45) is 0 Å². The number of hydrogen-bond acceptors (Lipinski definition) is 4. The Bertz CT molecular complexity index is 1520. The van der Waals surface area contributed by atoms with Gasteiger partial charge in [0.25, 0.3) is 11.8 Å². The molecule has 2 amide bonds. The normalized spacial score (nSPS) is 17.1. The number of aliphatic carboxylic acids is 2. The van der Waals surface area contributed by atoms with Gasteiger partial charge < -0.3 is 30.8 Å². The van der Waals surface area contributed by atoms with E-state index in [2.05, 4.69) is 20.6 Å². The Hall–Kier alpha value is -4.60. The summed E-state index contributed by atoms with van der Waals surface area (Å²) >= 11 is 0. The third kappa shape index (κ3) is 6.43. The van der Waals surface area contributed by atoms with Crippen molar-refractivity contribution < 1.29 is 29.4 Å². The van der Waals surface area contributed by atoms with Gasteiger partial charge in [-0.15, -0.1) is 0 Å². The Kier molecular flexibility index (Phi) is 9.27. The van der Waals surface area contributed by atoms with Crippen LogP contribution in [0.3, 0.4) is 0 Å². The zero-order chi connectivity index (χ0) is 31.6. The van der Waals surface area contributed by atoms with Crippen molar-refractivity contribution >= 4 is 35.9 Å². The van der Waals surface area contributed by atoms with Crippen molar-refractivity contribution in [2.75, 3.05) is 0 Å². The molecule has 4 rings (SSSR count). The van der Waals surface area contributed by atoms with Gasteiger partial charge in [-0.2, -0.15) is 0 Å². The lowest BCUT2D eigenvalue weighted by molar-refractivity contribution is -0.138. The highest BCUT2D eigenvalue weighted by atomic mass is 16.4. The number of hydrogen-bond donors (Lipinski definition) is 6. The van der Waals surface area contributed by atoms with Gasteiger partial charge in [0, 0.05) is 64.6 Å². The van der Waals surface area contributed by atoms with Gasteiger partial charge in [-0.3, -0.25) is 19.2 Å². The predicted molar refractivity (Wildman–Crippen MR) is 164 cm³/mol. The van der Waals surface area contributed by atoms with Gasteiger partial charge in [0.1, 0.15) is 0 Å². The first-order valence-corrected chi connectivity index (χ1v) is 14.7. The molecule has 4 heterocycles. The van der Waals surface area contributed by atoms with Crippen molar-refractivity contribution in [2.45, 2.75) is 86.5 Å². The Labute approximate surface area is 251 Å². The number of allylic oxidation sites excluding steroid dienone is 2. The maximum Gasteiger partial charge on any atom is 0.303 e. The van der Waals surface area contributed by atoms with Gasteiger partial charge in [0.15, 0.2) is 0 Å². The minimum Gasteiger partial charge on any atom is -0.481 e. The number of nitrogens with one attached hydrogen (secondary N) is 4. The lowest BCUT2D eigenvalue weighted by Crippen LogP contribution is -2.15. The molecule has 43 heavy (non-hydrogen) atoms. The summed E-state index contributed by atoms with van der Waals surface area (Å²) in [6, 6.07) is 0. The molecular weight excluding hydrogens is 548 g/mol. The van der Waals surface area contributed by atoms with E-state index in [1.807, 2.05) is 39.8 Å². The molecule has 0 spiro atoms. The van der Waals surface area contributed by atoms with E-state index >= 15 is 0 Å². The van der Waals surface area contributed by atoms with E-state index in [1.54, 1.807) is 13.8 Å². The van der Waals surface area contributed by atoms with Crippen LogP contribution in [0.4, 0.5) is 0 Å². The molecule has 2 aliphatic rings. The van der Waals surface area contributed by atoms with Crippen LogP contribution in [0.5, 0.6) is 0 Å². The third-order valence-electron chi connectivity index (χ3n) is 8.56. The fourth-order valence-corrected chi connectivity index (χ4v) is 6.06. The molecular formula is C33H40N4O6. The first-order chi connectivity index (χ1) is 20.4. The van der Waals surface area contributed by atoms with E-state index in [0.717, 1.165) is 67.6 Å². The molecule has 10 nitrogen and oxygen atoms in total. The smallest absolute Gasteiger partial charge is 0.303 e. The van der Waals surface area contributed by atoms with E-state index in [-0.39, 0.29) is 24.7 Å². The molecule has 10 heteroatoms. The molecule has 0 radical (unpaired) electrons. The van der Waals surface area contributed by atoms with Crippen molar-refractivity contribution in [3.63, 3.8) is 0 Å². The number of amides is 2. The maximum atomic E-state index is 12.3. The van der Waals surface area contributed by atoms with Crippen LogP contribution in [-0.2, 0) is 38.4 Å². The molecule has 6 N–H and O–H groups in total. The van der Waals surface area contributed by atoms with Crippen LogP contribution in [0.1, 0.15) is 98.4 Å². The maximum absolute atomic E-state index is 12.3. The monoisotopic (exact) mass is 588 g/mol. The van der Waals surface area contributed by atoms with Gasteiger partial charge in [0.2, 0.25) is 0 Å². The van der Waals surface area contributed by atoms with Crippen LogP contribution in [0.2, 0.25) is 0 Å². The lowest BCUT2D eigenvalue weighted by Gasteiger charge is -2.07. The average molecular weight is 589 g/mol. The minimum atomic E-state index is -0.901. The average Bonchev–Trinajstić information content (AvgIpc) is 3.59. The molecule has 0 saturated carbocycles. The number of aromatic amines is 2. The third-order valence-corrected chi connectivity index (χ3v) is 8.56. The van der Waals surface area contributed by atoms with Gasteiger partial charge in [-0.05, 0) is 98.9 Å². The number of rotatable bonds is 12. The summed E-state index contributed by atoms with van der Waals surface area (Å²) in [6.45, 7) is 11.5. The quantitative estimate of drug-likeness (QED) is 0.205. The van der Waals surface area contributed by atoms with E-state index < -0.39 is 11.9 Å².